The second-order valence-corrected chi connectivity index (χ2v) is 8.15. The summed E-state index contributed by atoms with van der Waals surface area (Å²) in [4.78, 5) is 27.1. The average Bonchev–Trinajstić information content (AvgIpc) is 2.83. The van der Waals surface area contributed by atoms with Crippen LogP contribution in [0, 0.1) is 17.1 Å². The van der Waals surface area contributed by atoms with Crippen molar-refractivity contribution in [2.75, 3.05) is 25.1 Å². The van der Waals surface area contributed by atoms with Gasteiger partial charge in [0.2, 0.25) is 5.95 Å². The minimum atomic E-state index is -0.621. The van der Waals surface area contributed by atoms with Gasteiger partial charge in [0.15, 0.2) is 0 Å². The third-order valence-electron chi connectivity index (χ3n) is 5.89. The Kier molecular flexibility index (Phi) is 7.32. The van der Waals surface area contributed by atoms with Crippen LogP contribution in [0.2, 0.25) is 0 Å². The third kappa shape index (κ3) is 5.74. The number of ether oxygens (including phenoxy) is 1. The zero-order chi connectivity index (χ0) is 23.2. The molecule has 0 bridgehead atoms. The molecule has 0 spiro atoms. The second kappa shape index (κ2) is 10.6. The van der Waals surface area contributed by atoms with Crippen LogP contribution < -0.4 is 10.6 Å². The Balaban J connectivity index is 1.35. The van der Waals surface area contributed by atoms with Gasteiger partial charge in [0, 0.05) is 32.0 Å². The van der Waals surface area contributed by atoms with E-state index in [4.69, 9.17) is 14.8 Å². The number of halogens is 1. The Morgan fingerprint density at radius 1 is 1.42 bits per heavy atom. The van der Waals surface area contributed by atoms with E-state index in [1.807, 2.05) is 13.1 Å². The fourth-order valence-corrected chi connectivity index (χ4v) is 4.00. The predicted molar refractivity (Wildman–Crippen MR) is 117 cm³/mol. The zero-order valence-corrected chi connectivity index (χ0v) is 18.5. The number of hydrogen-bond acceptors (Lipinski definition) is 8. The van der Waals surface area contributed by atoms with Crippen molar-refractivity contribution in [2.45, 2.75) is 51.2 Å². The van der Waals surface area contributed by atoms with E-state index in [0.717, 1.165) is 37.3 Å². The molecule has 1 atom stereocenters. The quantitative estimate of drug-likeness (QED) is 0.684. The molecule has 0 radical (unpaired) electrons. The van der Waals surface area contributed by atoms with Gasteiger partial charge in [-0.2, -0.15) is 5.26 Å². The lowest BCUT2D eigenvalue weighted by Crippen LogP contribution is -2.39. The Hall–Kier alpha value is -3.29. The molecular weight excluding hydrogens is 427 g/mol. The Labute approximate surface area is 191 Å². The molecule has 2 aliphatic heterocycles. The topological polar surface area (TPSA) is 112 Å². The zero-order valence-electron chi connectivity index (χ0n) is 18.5. The molecule has 1 fully saturated rings. The number of nitrogens with one attached hydrogen (secondary N) is 2. The summed E-state index contributed by atoms with van der Waals surface area (Å²) in [5.74, 6) is -0.0399. The van der Waals surface area contributed by atoms with E-state index in [1.54, 1.807) is 17.2 Å². The van der Waals surface area contributed by atoms with Gasteiger partial charge in [-0.25, -0.2) is 19.2 Å². The van der Waals surface area contributed by atoms with Gasteiger partial charge in [-0.15, -0.1) is 5.06 Å². The number of aromatic nitrogens is 2. The Bertz CT molecular complexity index is 1040. The van der Waals surface area contributed by atoms with Crippen LogP contribution in [-0.4, -0.2) is 46.9 Å². The van der Waals surface area contributed by atoms with E-state index in [-0.39, 0.29) is 11.6 Å². The van der Waals surface area contributed by atoms with Crippen LogP contribution in [0.5, 0.6) is 0 Å². The lowest BCUT2D eigenvalue weighted by atomic mass is 10.0. The molecule has 2 aromatic rings. The van der Waals surface area contributed by atoms with Gasteiger partial charge in [-0.1, -0.05) is 13.0 Å². The summed E-state index contributed by atoms with van der Waals surface area (Å²) >= 11 is 0. The normalized spacial score (nSPS) is 17.5. The molecule has 1 amide bonds. The molecular formula is C23H27FN6O3. The predicted octanol–water partition coefficient (Wildman–Crippen LogP) is 3.23. The molecule has 3 heterocycles. The van der Waals surface area contributed by atoms with Crippen LogP contribution in [0.15, 0.2) is 24.4 Å². The standard InChI is InChI=1S/C23H27FN6O3/c1-2-20(15-3-4-16(12-25)19(24)11-15)29-23(31)33-30-8-5-17-13-26-22(28-21(17)14-30)27-18-6-9-32-10-7-18/h3-4,11,13,18,20H,2,5-10,14H2,1H3,(H,29,31)(H,26,27,28)/t20-/m1/s1. The summed E-state index contributed by atoms with van der Waals surface area (Å²) < 4.78 is 19.4. The fraction of sp³-hybridized carbons (Fsp3) is 0.478. The largest absolute Gasteiger partial charge is 0.426 e. The van der Waals surface area contributed by atoms with Crippen LogP contribution in [0.3, 0.4) is 0 Å². The van der Waals surface area contributed by atoms with Crippen LogP contribution in [-0.2, 0) is 22.5 Å². The van der Waals surface area contributed by atoms with Crippen LogP contribution >= 0.6 is 0 Å². The first-order valence-corrected chi connectivity index (χ1v) is 11.2. The first kappa shape index (κ1) is 22.9. The summed E-state index contributed by atoms with van der Waals surface area (Å²) in [5, 5.41) is 16.6. The van der Waals surface area contributed by atoms with Crippen molar-refractivity contribution < 1.29 is 18.8 Å². The molecule has 0 saturated carbocycles. The van der Waals surface area contributed by atoms with E-state index in [9.17, 15) is 9.18 Å². The van der Waals surface area contributed by atoms with Crippen molar-refractivity contribution in [3.63, 3.8) is 0 Å². The number of benzene rings is 1. The van der Waals surface area contributed by atoms with Crippen molar-refractivity contribution in [2.24, 2.45) is 0 Å². The number of carbonyl (C=O) groups is 1. The second-order valence-electron chi connectivity index (χ2n) is 8.15. The maximum Gasteiger partial charge on any atom is 0.426 e. The summed E-state index contributed by atoms with van der Waals surface area (Å²) in [7, 11) is 0. The Morgan fingerprint density at radius 2 is 2.24 bits per heavy atom. The number of anilines is 1. The first-order valence-electron chi connectivity index (χ1n) is 11.2. The van der Waals surface area contributed by atoms with Gasteiger partial charge in [-0.3, -0.25) is 0 Å². The van der Waals surface area contributed by atoms with E-state index in [2.05, 4.69) is 20.6 Å². The van der Waals surface area contributed by atoms with E-state index in [1.165, 1.54) is 12.1 Å². The molecule has 2 aliphatic rings. The highest BCUT2D eigenvalue weighted by atomic mass is 19.1. The summed E-state index contributed by atoms with van der Waals surface area (Å²) in [6.07, 6.45) is 4.24. The van der Waals surface area contributed by atoms with Gasteiger partial charge >= 0.3 is 6.09 Å². The molecule has 10 heteroatoms. The molecule has 2 N–H and O–H groups in total. The van der Waals surface area contributed by atoms with Gasteiger partial charge in [0.05, 0.1) is 23.8 Å². The lowest BCUT2D eigenvalue weighted by Gasteiger charge is -2.28. The number of hydrogen-bond donors (Lipinski definition) is 2. The van der Waals surface area contributed by atoms with Crippen molar-refractivity contribution in [3.8, 4) is 6.07 Å². The molecule has 9 nitrogen and oxygen atoms in total. The SMILES string of the molecule is CC[C@@H](NC(=O)ON1CCc2cnc(NC3CCOCC3)nc2C1)c1ccc(C#N)c(F)c1. The maximum atomic E-state index is 14.0. The van der Waals surface area contributed by atoms with Crippen molar-refractivity contribution >= 4 is 12.0 Å². The first-order chi connectivity index (χ1) is 16.1. The molecule has 1 aromatic heterocycles. The number of carbonyl (C=O) groups excluding carboxylic acids is 1. The van der Waals surface area contributed by atoms with Gasteiger partial charge < -0.3 is 20.2 Å². The van der Waals surface area contributed by atoms with Gasteiger partial charge in [0.1, 0.15) is 11.9 Å². The van der Waals surface area contributed by atoms with Crippen LogP contribution in [0.4, 0.5) is 15.1 Å². The van der Waals surface area contributed by atoms with Crippen molar-refractivity contribution in [1.29, 1.82) is 5.26 Å². The minimum Gasteiger partial charge on any atom is -0.381 e. The number of nitriles is 1. The summed E-state index contributed by atoms with van der Waals surface area (Å²) in [5.41, 5.74) is 2.40. The maximum absolute atomic E-state index is 14.0. The molecule has 174 valence electrons. The molecule has 0 unspecified atom stereocenters. The monoisotopic (exact) mass is 454 g/mol. The Morgan fingerprint density at radius 3 is 2.97 bits per heavy atom. The molecule has 33 heavy (non-hydrogen) atoms. The van der Waals surface area contributed by atoms with E-state index >= 15 is 0 Å². The highest BCUT2D eigenvalue weighted by Gasteiger charge is 2.24. The van der Waals surface area contributed by atoms with Gasteiger partial charge in [0.25, 0.3) is 0 Å². The van der Waals surface area contributed by atoms with Gasteiger partial charge in [-0.05, 0) is 48.9 Å². The lowest BCUT2D eigenvalue weighted by molar-refractivity contribution is -0.112. The number of amides is 1. The highest BCUT2D eigenvalue weighted by Crippen LogP contribution is 2.22. The molecule has 0 aliphatic carbocycles. The third-order valence-corrected chi connectivity index (χ3v) is 5.89. The smallest absolute Gasteiger partial charge is 0.381 e. The van der Waals surface area contributed by atoms with Crippen molar-refractivity contribution in [1.82, 2.24) is 20.3 Å². The number of fused-ring (bicyclic) bond motifs is 1. The van der Waals surface area contributed by atoms with Crippen molar-refractivity contribution in [3.05, 3.63) is 52.6 Å². The van der Waals surface area contributed by atoms with E-state index < -0.39 is 18.0 Å². The minimum absolute atomic E-state index is 0.0316. The van der Waals surface area contributed by atoms with Crippen LogP contribution in [0.25, 0.3) is 0 Å². The highest BCUT2D eigenvalue weighted by molar-refractivity contribution is 5.67. The molecule has 1 saturated heterocycles. The van der Waals surface area contributed by atoms with E-state index in [0.29, 0.717) is 37.4 Å². The molecule has 4 rings (SSSR count). The summed E-state index contributed by atoms with van der Waals surface area (Å²) in [6.45, 7) is 4.22. The number of hydroxylamine groups is 2. The number of rotatable bonds is 6. The number of nitrogens with zero attached hydrogens (tertiary/aromatic N) is 4. The van der Waals surface area contributed by atoms with Crippen LogP contribution in [0.1, 0.15) is 54.6 Å². The average molecular weight is 455 g/mol. The fourth-order valence-electron chi connectivity index (χ4n) is 4.00. The summed E-state index contributed by atoms with van der Waals surface area (Å²) in [6, 6.07) is 5.97. The molecule has 1 aromatic carbocycles.